The molecule has 0 aliphatic carbocycles. The van der Waals surface area contributed by atoms with E-state index in [0.717, 1.165) is 18.4 Å². The van der Waals surface area contributed by atoms with Crippen molar-refractivity contribution in [1.29, 1.82) is 0 Å². The van der Waals surface area contributed by atoms with E-state index in [1.54, 1.807) is 54.3 Å². The lowest BCUT2D eigenvalue weighted by Gasteiger charge is -2.33. The van der Waals surface area contributed by atoms with Crippen molar-refractivity contribution in [3.8, 4) is 0 Å². The van der Waals surface area contributed by atoms with E-state index >= 15 is 0 Å². The molecular formula is C22H27ClN2O3S. The normalized spacial score (nSPS) is 17.2. The number of carbonyl (C=O) groups is 1. The lowest BCUT2D eigenvalue weighted by molar-refractivity contribution is -0.131. The van der Waals surface area contributed by atoms with Gasteiger partial charge in [0.05, 0.1) is 10.6 Å². The van der Waals surface area contributed by atoms with E-state index in [-0.39, 0.29) is 17.3 Å². The zero-order valence-corrected chi connectivity index (χ0v) is 18.6. The van der Waals surface area contributed by atoms with Crippen LogP contribution in [0.3, 0.4) is 0 Å². The average molecular weight is 435 g/mol. The minimum atomic E-state index is -3.91. The standard InChI is InChI=1S/C22H27ClN2O3S/c1-16-6-9-20(10-7-16)29(27,28)25(21-11-8-19(23)13-18(21)3)15-22(26)24-12-4-5-17(2)14-24/h6-11,13,17H,4-5,12,14-15H2,1-3H3. The first-order chi connectivity index (χ1) is 13.7. The molecule has 0 aromatic heterocycles. The van der Waals surface area contributed by atoms with Gasteiger partial charge in [0.2, 0.25) is 5.91 Å². The van der Waals surface area contributed by atoms with E-state index in [1.807, 2.05) is 6.92 Å². The van der Waals surface area contributed by atoms with Crippen LogP contribution in [0.2, 0.25) is 5.02 Å². The lowest BCUT2D eigenvalue weighted by Crippen LogP contribution is -2.46. The first-order valence-electron chi connectivity index (χ1n) is 9.82. The number of hydrogen-bond donors (Lipinski definition) is 0. The average Bonchev–Trinajstić information content (AvgIpc) is 2.67. The van der Waals surface area contributed by atoms with Crippen LogP contribution in [0.25, 0.3) is 0 Å². The van der Waals surface area contributed by atoms with Crippen molar-refractivity contribution in [2.24, 2.45) is 5.92 Å². The smallest absolute Gasteiger partial charge is 0.264 e. The van der Waals surface area contributed by atoms with Crippen molar-refractivity contribution in [2.45, 2.75) is 38.5 Å². The first kappa shape index (κ1) is 21.7. The molecule has 0 bridgehead atoms. The highest BCUT2D eigenvalue weighted by Crippen LogP contribution is 2.29. The summed E-state index contributed by atoms with van der Waals surface area (Å²) in [5.74, 6) is 0.244. The number of carbonyl (C=O) groups excluding carboxylic acids is 1. The molecule has 156 valence electrons. The van der Waals surface area contributed by atoms with Crippen LogP contribution in [-0.2, 0) is 14.8 Å². The number of amides is 1. The van der Waals surface area contributed by atoms with Gasteiger partial charge in [-0.25, -0.2) is 8.42 Å². The van der Waals surface area contributed by atoms with E-state index in [2.05, 4.69) is 6.92 Å². The van der Waals surface area contributed by atoms with Gasteiger partial charge in [0.25, 0.3) is 10.0 Å². The Morgan fingerprint density at radius 3 is 2.48 bits per heavy atom. The number of hydrogen-bond acceptors (Lipinski definition) is 3. The summed E-state index contributed by atoms with van der Waals surface area (Å²) in [6.45, 7) is 6.91. The van der Waals surface area contributed by atoms with Crippen LogP contribution >= 0.6 is 11.6 Å². The third-order valence-corrected chi connectivity index (χ3v) is 7.33. The third kappa shape index (κ3) is 4.93. The molecule has 1 heterocycles. The molecule has 0 N–H and O–H groups in total. The van der Waals surface area contributed by atoms with Crippen molar-refractivity contribution < 1.29 is 13.2 Å². The number of benzene rings is 2. The zero-order valence-electron chi connectivity index (χ0n) is 17.1. The number of anilines is 1. The second-order valence-corrected chi connectivity index (χ2v) is 10.1. The summed E-state index contributed by atoms with van der Waals surface area (Å²) in [7, 11) is -3.91. The fourth-order valence-electron chi connectivity index (χ4n) is 3.67. The fraction of sp³-hybridized carbons (Fsp3) is 0.409. The number of likely N-dealkylation sites (tertiary alicyclic amines) is 1. The summed E-state index contributed by atoms with van der Waals surface area (Å²) in [6.07, 6.45) is 2.03. The van der Waals surface area contributed by atoms with Gasteiger partial charge in [-0.15, -0.1) is 0 Å². The Labute approximate surface area is 178 Å². The molecule has 1 atom stereocenters. The second kappa shape index (κ2) is 8.76. The maximum atomic E-state index is 13.5. The van der Waals surface area contributed by atoms with Crippen molar-refractivity contribution in [2.75, 3.05) is 23.9 Å². The van der Waals surface area contributed by atoms with Crippen LogP contribution in [0, 0.1) is 19.8 Å². The maximum absolute atomic E-state index is 13.5. The summed E-state index contributed by atoms with van der Waals surface area (Å²) < 4.78 is 28.2. The van der Waals surface area contributed by atoms with Crippen molar-refractivity contribution in [3.05, 3.63) is 58.6 Å². The molecular weight excluding hydrogens is 408 g/mol. The molecule has 1 aliphatic heterocycles. The SMILES string of the molecule is Cc1ccc(S(=O)(=O)N(CC(=O)N2CCCC(C)C2)c2ccc(Cl)cc2C)cc1. The summed E-state index contributed by atoms with van der Waals surface area (Å²) in [5, 5.41) is 0.523. The van der Waals surface area contributed by atoms with Crippen LogP contribution in [0.15, 0.2) is 47.4 Å². The van der Waals surface area contributed by atoms with Gasteiger partial charge < -0.3 is 4.90 Å². The minimum absolute atomic E-state index is 0.164. The van der Waals surface area contributed by atoms with Crippen molar-refractivity contribution >= 4 is 33.2 Å². The molecule has 2 aromatic rings. The predicted octanol–water partition coefficient (Wildman–Crippen LogP) is 4.41. The molecule has 1 aliphatic rings. The Kier molecular flexibility index (Phi) is 6.54. The predicted molar refractivity (Wildman–Crippen MR) is 117 cm³/mol. The molecule has 7 heteroatoms. The molecule has 0 spiro atoms. The topological polar surface area (TPSA) is 57.7 Å². The van der Waals surface area contributed by atoms with Gasteiger partial charge in [-0.3, -0.25) is 9.10 Å². The molecule has 3 rings (SSSR count). The molecule has 1 saturated heterocycles. The van der Waals surface area contributed by atoms with Crippen LogP contribution in [0.4, 0.5) is 5.69 Å². The molecule has 0 saturated carbocycles. The van der Waals surface area contributed by atoms with Crippen molar-refractivity contribution in [1.82, 2.24) is 4.90 Å². The quantitative estimate of drug-likeness (QED) is 0.700. The number of halogens is 1. The molecule has 5 nitrogen and oxygen atoms in total. The van der Waals surface area contributed by atoms with Gasteiger partial charge in [-0.2, -0.15) is 0 Å². The number of sulfonamides is 1. The molecule has 1 amide bonds. The fourth-order valence-corrected chi connectivity index (χ4v) is 5.38. The van der Waals surface area contributed by atoms with Crippen LogP contribution in [-0.4, -0.2) is 38.9 Å². The van der Waals surface area contributed by atoms with Gasteiger partial charge in [0, 0.05) is 18.1 Å². The third-order valence-electron chi connectivity index (χ3n) is 5.33. The highest BCUT2D eigenvalue weighted by Gasteiger charge is 2.31. The Morgan fingerprint density at radius 1 is 1.17 bits per heavy atom. The molecule has 29 heavy (non-hydrogen) atoms. The Bertz CT molecular complexity index is 990. The second-order valence-electron chi connectivity index (χ2n) is 7.84. The number of nitrogens with zero attached hydrogens (tertiary/aromatic N) is 2. The molecule has 0 radical (unpaired) electrons. The van der Waals surface area contributed by atoms with E-state index in [9.17, 15) is 13.2 Å². The molecule has 1 unspecified atom stereocenters. The lowest BCUT2D eigenvalue weighted by atomic mass is 10.0. The Hall–Kier alpha value is -2.05. The van der Waals surface area contributed by atoms with Gasteiger partial charge in [0.15, 0.2) is 0 Å². The maximum Gasteiger partial charge on any atom is 0.264 e. The summed E-state index contributed by atoms with van der Waals surface area (Å²) in [6, 6.07) is 11.7. The van der Waals surface area contributed by atoms with Crippen LogP contribution in [0.5, 0.6) is 0 Å². The Balaban J connectivity index is 1.99. The first-order valence-corrected chi connectivity index (χ1v) is 11.6. The van der Waals surface area contributed by atoms with Crippen LogP contribution in [0.1, 0.15) is 30.9 Å². The monoisotopic (exact) mass is 434 g/mol. The van der Waals surface area contributed by atoms with Gasteiger partial charge >= 0.3 is 0 Å². The molecule has 2 aromatic carbocycles. The summed E-state index contributed by atoms with van der Waals surface area (Å²) in [5.41, 5.74) is 2.14. The highest BCUT2D eigenvalue weighted by molar-refractivity contribution is 7.92. The van der Waals surface area contributed by atoms with E-state index < -0.39 is 10.0 Å². The van der Waals surface area contributed by atoms with Gasteiger partial charge in [-0.1, -0.05) is 36.2 Å². The highest BCUT2D eigenvalue weighted by atomic mass is 35.5. The van der Waals surface area contributed by atoms with Crippen LogP contribution < -0.4 is 4.31 Å². The Morgan fingerprint density at radius 2 is 1.86 bits per heavy atom. The van der Waals surface area contributed by atoms with E-state index in [0.29, 0.717) is 35.3 Å². The largest absolute Gasteiger partial charge is 0.341 e. The minimum Gasteiger partial charge on any atom is -0.341 e. The van der Waals surface area contributed by atoms with Gasteiger partial charge in [0.1, 0.15) is 6.54 Å². The summed E-state index contributed by atoms with van der Waals surface area (Å²) >= 11 is 6.07. The van der Waals surface area contributed by atoms with E-state index in [4.69, 9.17) is 11.6 Å². The number of piperidine rings is 1. The van der Waals surface area contributed by atoms with Gasteiger partial charge in [-0.05, 0) is 68.5 Å². The van der Waals surface area contributed by atoms with E-state index in [1.165, 1.54) is 4.31 Å². The summed E-state index contributed by atoms with van der Waals surface area (Å²) in [4.78, 5) is 15.0. The number of aryl methyl sites for hydroxylation is 2. The number of rotatable bonds is 5. The van der Waals surface area contributed by atoms with Crippen molar-refractivity contribution in [3.63, 3.8) is 0 Å². The zero-order chi connectivity index (χ0) is 21.2. The molecule has 1 fully saturated rings.